The summed E-state index contributed by atoms with van der Waals surface area (Å²) in [6.45, 7) is 5.81. The molecule has 0 bridgehead atoms. The summed E-state index contributed by atoms with van der Waals surface area (Å²) >= 11 is 0. The highest BCUT2D eigenvalue weighted by Crippen LogP contribution is 2.32. The lowest BCUT2D eigenvalue weighted by Gasteiger charge is -2.34. The van der Waals surface area contributed by atoms with Crippen LogP contribution in [0.15, 0.2) is 65.5 Å². The highest BCUT2D eigenvalue weighted by molar-refractivity contribution is 5.96. The van der Waals surface area contributed by atoms with Gasteiger partial charge in [0.2, 0.25) is 0 Å². The minimum Gasteiger partial charge on any atom is -0.462 e. The quantitative estimate of drug-likeness (QED) is 0.460. The molecule has 0 amide bonds. The second-order valence-electron chi connectivity index (χ2n) is 8.04. The van der Waals surface area contributed by atoms with Crippen molar-refractivity contribution in [1.82, 2.24) is 14.9 Å². The molecule has 1 aromatic carbocycles. The van der Waals surface area contributed by atoms with Gasteiger partial charge < -0.3 is 14.2 Å². The van der Waals surface area contributed by atoms with Crippen LogP contribution in [0.1, 0.15) is 17.4 Å². The highest BCUT2D eigenvalue weighted by atomic mass is 16.3. The maximum absolute atomic E-state index is 11.7. The summed E-state index contributed by atoms with van der Waals surface area (Å²) in [6.07, 6.45) is 5.21. The van der Waals surface area contributed by atoms with Gasteiger partial charge in [-0.25, -0.2) is 0 Å². The lowest BCUT2D eigenvalue weighted by molar-refractivity contribution is 0.101. The van der Waals surface area contributed by atoms with E-state index in [4.69, 9.17) is 4.42 Å². The third-order valence-electron chi connectivity index (χ3n) is 5.91. The van der Waals surface area contributed by atoms with Crippen molar-refractivity contribution in [3.8, 4) is 22.3 Å². The van der Waals surface area contributed by atoms with Gasteiger partial charge in [-0.3, -0.25) is 14.8 Å². The van der Waals surface area contributed by atoms with Crippen molar-refractivity contribution in [3.05, 3.63) is 66.8 Å². The van der Waals surface area contributed by atoms with Gasteiger partial charge in [0.15, 0.2) is 11.4 Å². The fourth-order valence-corrected chi connectivity index (χ4v) is 4.00. The maximum Gasteiger partial charge on any atom is 0.178 e. The molecular formula is C25H24N4O2. The van der Waals surface area contributed by atoms with Crippen LogP contribution in [-0.4, -0.2) is 53.9 Å². The Hall–Kier alpha value is -3.51. The number of likely N-dealkylation sites (N-methyl/N-ethyl adjacent to an activating group) is 1. The van der Waals surface area contributed by atoms with Crippen LogP contribution in [0.3, 0.4) is 0 Å². The minimum atomic E-state index is -0.0649. The van der Waals surface area contributed by atoms with E-state index >= 15 is 0 Å². The monoisotopic (exact) mass is 412 g/mol. The van der Waals surface area contributed by atoms with Gasteiger partial charge in [0.1, 0.15) is 17.5 Å². The van der Waals surface area contributed by atoms with E-state index < -0.39 is 0 Å². The summed E-state index contributed by atoms with van der Waals surface area (Å²) in [5.41, 5.74) is 7.03. The number of ketones is 1. The highest BCUT2D eigenvalue weighted by Gasteiger charge is 2.15. The van der Waals surface area contributed by atoms with E-state index in [1.807, 2.05) is 18.3 Å². The molecule has 0 atom stereocenters. The minimum absolute atomic E-state index is 0.0649. The fraction of sp³-hybridized carbons (Fsp3) is 0.240. The number of nitrogens with zero attached hydrogens (tertiary/aromatic N) is 4. The Morgan fingerprint density at radius 1 is 0.935 bits per heavy atom. The van der Waals surface area contributed by atoms with E-state index in [9.17, 15) is 4.79 Å². The Morgan fingerprint density at radius 3 is 2.45 bits per heavy atom. The summed E-state index contributed by atoms with van der Waals surface area (Å²) in [6, 6.07) is 14.3. The average molecular weight is 412 g/mol. The average Bonchev–Trinajstić information content (AvgIpc) is 3.23. The summed E-state index contributed by atoms with van der Waals surface area (Å²) in [5.74, 6) is -0.0649. The Morgan fingerprint density at radius 2 is 1.71 bits per heavy atom. The molecule has 5 rings (SSSR count). The number of hydrogen-bond donors (Lipinski definition) is 0. The van der Waals surface area contributed by atoms with E-state index in [-0.39, 0.29) is 5.78 Å². The number of aromatic nitrogens is 2. The molecule has 4 heterocycles. The van der Waals surface area contributed by atoms with Crippen LogP contribution >= 0.6 is 0 Å². The Bertz CT molecular complexity index is 1240. The van der Waals surface area contributed by atoms with Crippen molar-refractivity contribution in [3.63, 3.8) is 0 Å². The van der Waals surface area contributed by atoms with Gasteiger partial charge in [-0.2, -0.15) is 0 Å². The van der Waals surface area contributed by atoms with Crippen molar-refractivity contribution in [2.45, 2.75) is 6.92 Å². The van der Waals surface area contributed by atoms with E-state index in [0.29, 0.717) is 5.69 Å². The molecule has 1 aliphatic heterocycles. The number of rotatable bonds is 4. The van der Waals surface area contributed by atoms with Crippen LogP contribution in [-0.2, 0) is 0 Å². The van der Waals surface area contributed by atoms with Crippen LogP contribution in [0.25, 0.3) is 33.4 Å². The van der Waals surface area contributed by atoms with Crippen molar-refractivity contribution in [2.75, 3.05) is 38.1 Å². The molecule has 31 heavy (non-hydrogen) atoms. The standard InChI is InChI=1S/C25H24N4O2/c1-17(30)23-13-19(7-8-26-23)22-16-31-24-14-20(15-27-25(22)24)18-3-5-21(6-4-18)29-11-9-28(2)10-12-29/h3-8,13-16H,9-12H2,1-2H3. The first kappa shape index (κ1) is 19.5. The van der Waals surface area contributed by atoms with Crippen LogP contribution < -0.4 is 4.90 Å². The van der Waals surface area contributed by atoms with Crippen molar-refractivity contribution < 1.29 is 9.21 Å². The van der Waals surface area contributed by atoms with Gasteiger partial charge in [-0.1, -0.05) is 12.1 Å². The molecule has 6 nitrogen and oxygen atoms in total. The zero-order valence-corrected chi connectivity index (χ0v) is 17.7. The number of fused-ring (bicyclic) bond motifs is 1. The molecule has 0 aliphatic carbocycles. The van der Waals surface area contributed by atoms with E-state index in [0.717, 1.165) is 59.5 Å². The first-order chi connectivity index (χ1) is 15.1. The lowest BCUT2D eigenvalue weighted by Crippen LogP contribution is -2.44. The van der Waals surface area contributed by atoms with Crippen molar-refractivity contribution >= 4 is 22.6 Å². The SMILES string of the molecule is CC(=O)c1cc(-c2coc3cc(-c4ccc(N5CCN(C)CC5)cc4)cnc23)ccn1. The van der Waals surface area contributed by atoms with Gasteiger partial charge >= 0.3 is 0 Å². The molecular weight excluding hydrogens is 388 g/mol. The number of hydrogen-bond acceptors (Lipinski definition) is 6. The number of benzene rings is 1. The second kappa shape index (κ2) is 7.96. The zero-order valence-electron chi connectivity index (χ0n) is 17.7. The zero-order chi connectivity index (χ0) is 21.4. The summed E-state index contributed by atoms with van der Waals surface area (Å²) in [4.78, 5) is 25.2. The summed E-state index contributed by atoms with van der Waals surface area (Å²) in [5, 5.41) is 0. The Kier molecular flexibility index (Phi) is 5.00. The molecule has 0 N–H and O–H groups in total. The van der Waals surface area contributed by atoms with Crippen LogP contribution in [0, 0.1) is 0 Å². The molecule has 1 saturated heterocycles. The topological polar surface area (TPSA) is 62.5 Å². The fourth-order valence-electron chi connectivity index (χ4n) is 4.00. The van der Waals surface area contributed by atoms with Crippen LogP contribution in [0.2, 0.25) is 0 Å². The molecule has 0 radical (unpaired) electrons. The van der Waals surface area contributed by atoms with Gasteiger partial charge in [0.25, 0.3) is 0 Å². The number of Topliss-reactive ketones (excluding diaryl/α,β-unsaturated/α-hetero) is 1. The van der Waals surface area contributed by atoms with Gasteiger partial charge in [0, 0.05) is 62.3 Å². The molecule has 0 unspecified atom stereocenters. The second-order valence-corrected chi connectivity index (χ2v) is 8.04. The third-order valence-corrected chi connectivity index (χ3v) is 5.91. The summed E-state index contributed by atoms with van der Waals surface area (Å²) < 4.78 is 5.81. The molecule has 156 valence electrons. The molecule has 0 saturated carbocycles. The van der Waals surface area contributed by atoms with Gasteiger partial charge in [-0.15, -0.1) is 0 Å². The smallest absolute Gasteiger partial charge is 0.178 e. The molecule has 1 aliphatic rings. The molecule has 1 fully saturated rings. The van der Waals surface area contributed by atoms with Gasteiger partial charge in [-0.05, 0) is 48.5 Å². The molecule has 3 aromatic heterocycles. The molecule has 4 aromatic rings. The number of anilines is 1. The summed E-state index contributed by atoms with van der Waals surface area (Å²) in [7, 11) is 2.17. The first-order valence-corrected chi connectivity index (χ1v) is 10.5. The third kappa shape index (κ3) is 3.82. The lowest BCUT2D eigenvalue weighted by atomic mass is 10.0. The van der Waals surface area contributed by atoms with E-state index in [1.54, 1.807) is 18.5 Å². The largest absolute Gasteiger partial charge is 0.462 e. The van der Waals surface area contributed by atoms with Crippen LogP contribution in [0.5, 0.6) is 0 Å². The maximum atomic E-state index is 11.7. The number of piperazine rings is 1. The van der Waals surface area contributed by atoms with E-state index in [2.05, 4.69) is 51.1 Å². The van der Waals surface area contributed by atoms with Crippen LogP contribution in [0.4, 0.5) is 5.69 Å². The van der Waals surface area contributed by atoms with E-state index in [1.165, 1.54) is 12.6 Å². The predicted molar refractivity (Wildman–Crippen MR) is 122 cm³/mol. The van der Waals surface area contributed by atoms with Crippen molar-refractivity contribution in [2.24, 2.45) is 0 Å². The number of pyridine rings is 2. The normalized spacial score (nSPS) is 14.8. The van der Waals surface area contributed by atoms with Gasteiger partial charge in [0.05, 0.1) is 0 Å². The number of carbonyl (C=O) groups is 1. The van der Waals surface area contributed by atoms with Crippen molar-refractivity contribution in [1.29, 1.82) is 0 Å². The molecule has 0 spiro atoms. The number of carbonyl (C=O) groups excluding carboxylic acids is 1. The Balaban J connectivity index is 1.42. The number of furan rings is 1. The Labute approximate surface area is 181 Å². The first-order valence-electron chi connectivity index (χ1n) is 10.5. The molecule has 6 heteroatoms. The predicted octanol–water partition coefficient (Wildman–Crippen LogP) is 4.51.